The summed E-state index contributed by atoms with van der Waals surface area (Å²) in [5.41, 5.74) is 1.17. The van der Waals surface area contributed by atoms with Gasteiger partial charge in [-0.15, -0.1) is 0 Å². The zero-order chi connectivity index (χ0) is 20.4. The van der Waals surface area contributed by atoms with E-state index in [0.717, 1.165) is 0 Å². The van der Waals surface area contributed by atoms with E-state index in [-0.39, 0.29) is 48.7 Å². The van der Waals surface area contributed by atoms with Gasteiger partial charge in [-0.3, -0.25) is 14.4 Å². The molecule has 0 atom stereocenters. The molecule has 146 valence electrons. The van der Waals surface area contributed by atoms with Crippen LogP contribution in [0.15, 0.2) is 36.4 Å². The van der Waals surface area contributed by atoms with Crippen molar-refractivity contribution in [2.45, 2.75) is 31.6 Å². The van der Waals surface area contributed by atoms with Gasteiger partial charge in [0.2, 0.25) is 0 Å². The van der Waals surface area contributed by atoms with Gasteiger partial charge < -0.3 is 20.4 Å². The highest BCUT2D eigenvalue weighted by molar-refractivity contribution is 6.21. The van der Waals surface area contributed by atoms with E-state index in [1.54, 1.807) is 12.1 Å². The summed E-state index contributed by atoms with van der Waals surface area (Å²) in [5, 5.41) is 37.8. The molecule has 7 nitrogen and oxygen atoms in total. The molecule has 1 aliphatic carbocycles. The highest BCUT2D eigenvalue weighted by Crippen LogP contribution is 2.36. The van der Waals surface area contributed by atoms with Gasteiger partial charge in [-0.2, -0.15) is 0 Å². The van der Waals surface area contributed by atoms with Crippen molar-refractivity contribution in [3.05, 3.63) is 47.5 Å². The largest absolute Gasteiger partial charge is 0.504 e. The lowest BCUT2D eigenvalue weighted by Gasteiger charge is -2.26. The van der Waals surface area contributed by atoms with Crippen LogP contribution >= 0.6 is 0 Å². The van der Waals surface area contributed by atoms with Crippen LogP contribution in [0.1, 0.15) is 36.3 Å². The quantitative estimate of drug-likeness (QED) is 0.459. The van der Waals surface area contributed by atoms with Crippen molar-refractivity contribution in [2.75, 3.05) is 0 Å². The molecule has 0 aliphatic heterocycles. The van der Waals surface area contributed by atoms with Gasteiger partial charge in [0.1, 0.15) is 5.92 Å². The highest BCUT2D eigenvalue weighted by atomic mass is 16.3. The van der Waals surface area contributed by atoms with Crippen LogP contribution in [-0.4, -0.2) is 37.8 Å². The molecule has 3 rings (SSSR count). The second-order valence-electron chi connectivity index (χ2n) is 7.01. The number of ketones is 3. The number of hydrogen-bond donors (Lipinski definition) is 4. The molecule has 0 bridgehead atoms. The smallest absolute Gasteiger partial charge is 0.157 e. The minimum absolute atomic E-state index is 0.00631. The molecule has 0 saturated heterocycles. The minimum Gasteiger partial charge on any atom is -0.504 e. The first-order chi connectivity index (χ1) is 13.3. The van der Waals surface area contributed by atoms with Gasteiger partial charge in [0.25, 0.3) is 0 Å². The molecule has 1 fully saturated rings. The number of aromatic hydroxyl groups is 4. The van der Waals surface area contributed by atoms with Crippen molar-refractivity contribution < 1.29 is 34.8 Å². The molecule has 2 aromatic carbocycles. The zero-order valence-electron chi connectivity index (χ0n) is 15.0. The Morgan fingerprint density at radius 3 is 1.96 bits per heavy atom. The van der Waals surface area contributed by atoms with Crippen molar-refractivity contribution in [3.63, 3.8) is 0 Å². The van der Waals surface area contributed by atoms with Gasteiger partial charge in [-0.25, -0.2) is 0 Å². The van der Waals surface area contributed by atoms with Crippen LogP contribution in [0.5, 0.6) is 23.0 Å². The van der Waals surface area contributed by atoms with Crippen LogP contribution in [0.4, 0.5) is 0 Å². The van der Waals surface area contributed by atoms with E-state index in [1.165, 1.54) is 24.3 Å². The first-order valence-corrected chi connectivity index (χ1v) is 8.87. The molecular formula is C21H20O7. The second kappa shape index (κ2) is 7.72. The number of benzene rings is 2. The van der Waals surface area contributed by atoms with Gasteiger partial charge >= 0.3 is 0 Å². The molecule has 0 heterocycles. The SMILES string of the molecule is O=C(CCc1ccc(O)c(O)c1)C1C(=O)CC(c2ccc(O)c(O)c2)CC1=O. The van der Waals surface area contributed by atoms with Crippen molar-refractivity contribution in [2.24, 2.45) is 5.92 Å². The van der Waals surface area contributed by atoms with Gasteiger partial charge in [-0.1, -0.05) is 12.1 Å². The Hall–Kier alpha value is -3.35. The van der Waals surface area contributed by atoms with E-state index < -0.39 is 29.2 Å². The lowest BCUT2D eigenvalue weighted by molar-refractivity contribution is -0.142. The molecular weight excluding hydrogens is 364 g/mol. The summed E-state index contributed by atoms with van der Waals surface area (Å²) in [7, 11) is 0. The number of carbonyl (C=O) groups excluding carboxylic acids is 3. The van der Waals surface area contributed by atoms with Crippen molar-refractivity contribution in [1.82, 2.24) is 0 Å². The Morgan fingerprint density at radius 1 is 0.821 bits per heavy atom. The fourth-order valence-corrected chi connectivity index (χ4v) is 3.50. The second-order valence-corrected chi connectivity index (χ2v) is 7.01. The summed E-state index contributed by atoms with van der Waals surface area (Å²) in [6.45, 7) is 0. The van der Waals surface area contributed by atoms with Crippen LogP contribution in [0.3, 0.4) is 0 Å². The molecule has 0 amide bonds. The van der Waals surface area contributed by atoms with E-state index in [9.17, 15) is 34.8 Å². The third-order valence-electron chi connectivity index (χ3n) is 5.03. The molecule has 4 N–H and O–H groups in total. The molecule has 0 aromatic heterocycles. The Labute approximate surface area is 160 Å². The summed E-state index contributed by atoms with van der Waals surface area (Å²) in [5.74, 6) is -4.27. The molecule has 0 unspecified atom stereocenters. The summed E-state index contributed by atoms with van der Waals surface area (Å²) in [6.07, 6.45) is 0.217. The maximum atomic E-state index is 12.5. The molecule has 0 radical (unpaired) electrons. The lowest BCUT2D eigenvalue weighted by Crippen LogP contribution is -2.38. The third kappa shape index (κ3) is 3.98. The van der Waals surface area contributed by atoms with E-state index in [2.05, 4.69) is 0 Å². The maximum Gasteiger partial charge on any atom is 0.157 e. The number of aryl methyl sites for hydroxylation is 1. The normalized spacial score (nSPS) is 19.6. The lowest BCUT2D eigenvalue weighted by atomic mass is 9.74. The Morgan fingerprint density at radius 2 is 1.39 bits per heavy atom. The third-order valence-corrected chi connectivity index (χ3v) is 5.03. The van der Waals surface area contributed by atoms with E-state index in [0.29, 0.717) is 11.1 Å². The van der Waals surface area contributed by atoms with Crippen molar-refractivity contribution in [1.29, 1.82) is 0 Å². The number of phenols is 4. The van der Waals surface area contributed by atoms with Crippen LogP contribution in [0.25, 0.3) is 0 Å². The molecule has 1 saturated carbocycles. The van der Waals surface area contributed by atoms with Gasteiger partial charge in [0.05, 0.1) is 0 Å². The molecule has 28 heavy (non-hydrogen) atoms. The first kappa shape index (κ1) is 19.4. The number of rotatable bonds is 5. The number of hydrogen-bond acceptors (Lipinski definition) is 7. The summed E-state index contributed by atoms with van der Waals surface area (Å²) >= 11 is 0. The monoisotopic (exact) mass is 384 g/mol. The summed E-state index contributed by atoms with van der Waals surface area (Å²) < 4.78 is 0. The molecule has 7 heteroatoms. The maximum absolute atomic E-state index is 12.5. The number of Topliss-reactive ketones (excluding diaryl/α,β-unsaturated/α-hetero) is 3. The topological polar surface area (TPSA) is 132 Å². The van der Waals surface area contributed by atoms with Gasteiger partial charge in [0, 0.05) is 19.3 Å². The molecule has 2 aromatic rings. The standard InChI is InChI=1S/C21H20O7/c22-14-4-1-11(7-17(14)25)2-5-16(24)21-19(27)9-13(10-20(21)28)12-3-6-15(23)18(26)8-12/h1,3-4,6-8,13,21-23,25-26H,2,5,9-10H2. The van der Waals surface area contributed by atoms with E-state index in [1.807, 2.05) is 0 Å². The van der Waals surface area contributed by atoms with Gasteiger partial charge in [0.15, 0.2) is 40.3 Å². The summed E-state index contributed by atoms with van der Waals surface area (Å²) in [6, 6.07) is 8.36. The van der Waals surface area contributed by atoms with Crippen molar-refractivity contribution in [3.8, 4) is 23.0 Å². The Kier molecular flexibility index (Phi) is 5.35. The fourth-order valence-electron chi connectivity index (χ4n) is 3.50. The average molecular weight is 384 g/mol. The number of carbonyl (C=O) groups is 3. The zero-order valence-corrected chi connectivity index (χ0v) is 15.0. The molecule has 1 aliphatic rings. The van der Waals surface area contributed by atoms with Crippen molar-refractivity contribution >= 4 is 17.3 Å². The van der Waals surface area contributed by atoms with Crippen LogP contribution < -0.4 is 0 Å². The highest BCUT2D eigenvalue weighted by Gasteiger charge is 2.40. The Bertz CT molecular complexity index is 919. The van der Waals surface area contributed by atoms with Crippen LogP contribution in [-0.2, 0) is 20.8 Å². The first-order valence-electron chi connectivity index (χ1n) is 8.87. The minimum atomic E-state index is -1.28. The van der Waals surface area contributed by atoms with E-state index >= 15 is 0 Å². The predicted molar refractivity (Wildman–Crippen MR) is 98.4 cm³/mol. The molecule has 0 spiro atoms. The fraction of sp³-hybridized carbons (Fsp3) is 0.286. The average Bonchev–Trinajstić information content (AvgIpc) is 2.64. The van der Waals surface area contributed by atoms with Crippen LogP contribution in [0, 0.1) is 5.92 Å². The Balaban J connectivity index is 1.66. The summed E-state index contributed by atoms with van der Waals surface area (Å²) in [4.78, 5) is 37.4. The van der Waals surface area contributed by atoms with Gasteiger partial charge in [-0.05, 0) is 47.7 Å². The predicted octanol–water partition coefficient (Wildman–Crippen LogP) is 2.34. The van der Waals surface area contributed by atoms with Crippen LogP contribution in [0.2, 0.25) is 0 Å². The van der Waals surface area contributed by atoms with E-state index in [4.69, 9.17) is 0 Å². The number of phenolic OH excluding ortho intramolecular Hbond substituents is 4.